The quantitative estimate of drug-likeness (QED) is 0.864. The van der Waals surface area contributed by atoms with Gasteiger partial charge in [-0.1, -0.05) is 37.3 Å². The van der Waals surface area contributed by atoms with Gasteiger partial charge >= 0.3 is 0 Å². The number of carbonyl (C=O) groups excluding carboxylic acids is 2. The fourth-order valence-electron chi connectivity index (χ4n) is 3.05. The Hall–Kier alpha value is -2.62. The summed E-state index contributed by atoms with van der Waals surface area (Å²) in [5, 5.41) is 5.94. The largest absolute Gasteiger partial charge is 0.326 e. The topological polar surface area (TPSA) is 58.2 Å². The minimum absolute atomic E-state index is 0.0676. The highest BCUT2D eigenvalue weighted by atomic mass is 16.2. The molecule has 2 N–H and O–H groups in total. The van der Waals surface area contributed by atoms with Gasteiger partial charge in [-0.25, -0.2) is 0 Å². The SMILES string of the molecule is CCc1ccccc1NC(=O)C1CC1C(=O)Nc1cc(C)ccc1C. The summed E-state index contributed by atoms with van der Waals surface area (Å²) < 4.78 is 0. The molecule has 3 rings (SSSR count). The molecule has 0 aliphatic heterocycles. The van der Waals surface area contributed by atoms with Crippen LogP contribution in [-0.4, -0.2) is 11.8 Å². The Kier molecular flexibility index (Phi) is 4.88. The number of nitrogens with one attached hydrogen (secondary N) is 2. The molecule has 1 aliphatic rings. The molecule has 4 heteroatoms. The number of benzene rings is 2. The van der Waals surface area contributed by atoms with Gasteiger partial charge in [0, 0.05) is 11.4 Å². The van der Waals surface area contributed by atoms with Gasteiger partial charge in [0.15, 0.2) is 0 Å². The smallest absolute Gasteiger partial charge is 0.228 e. The van der Waals surface area contributed by atoms with Gasteiger partial charge in [-0.3, -0.25) is 9.59 Å². The lowest BCUT2D eigenvalue weighted by molar-refractivity contribution is -0.122. The van der Waals surface area contributed by atoms with Crippen LogP contribution in [0, 0.1) is 25.7 Å². The first-order valence-corrected chi connectivity index (χ1v) is 8.76. The zero-order valence-corrected chi connectivity index (χ0v) is 14.9. The van der Waals surface area contributed by atoms with Crippen LogP contribution in [-0.2, 0) is 16.0 Å². The molecule has 4 nitrogen and oxygen atoms in total. The Labute approximate surface area is 148 Å². The summed E-state index contributed by atoms with van der Waals surface area (Å²) in [4.78, 5) is 24.9. The lowest BCUT2D eigenvalue weighted by atomic mass is 10.1. The Balaban J connectivity index is 1.61. The van der Waals surface area contributed by atoms with E-state index in [2.05, 4.69) is 17.6 Å². The van der Waals surface area contributed by atoms with Crippen molar-refractivity contribution in [2.45, 2.75) is 33.6 Å². The summed E-state index contributed by atoms with van der Waals surface area (Å²) in [6.07, 6.45) is 1.47. The molecule has 1 saturated carbocycles. The molecule has 0 heterocycles. The third kappa shape index (κ3) is 3.90. The molecule has 2 unspecified atom stereocenters. The average molecular weight is 336 g/mol. The standard InChI is InChI=1S/C21H24N2O2/c1-4-15-7-5-6-8-18(15)22-20(24)16-12-17(16)21(25)23-19-11-13(2)9-10-14(19)3/h5-11,16-17H,4,12H2,1-3H3,(H,22,24)(H,23,25). The molecule has 130 valence electrons. The van der Waals surface area contributed by atoms with Gasteiger partial charge in [0.1, 0.15) is 0 Å². The first-order valence-electron chi connectivity index (χ1n) is 8.76. The van der Waals surface area contributed by atoms with Gasteiger partial charge in [0.2, 0.25) is 11.8 Å². The van der Waals surface area contributed by atoms with E-state index in [9.17, 15) is 9.59 Å². The molecule has 2 aromatic rings. The maximum Gasteiger partial charge on any atom is 0.228 e. The van der Waals surface area contributed by atoms with Crippen LogP contribution in [0.3, 0.4) is 0 Å². The van der Waals surface area contributed by atoms with Crippen molar-refractivity contribution in [1.82, 2.24) is 0 Å². The van der Waals surface area contributed by atoms with Crippen LogP contribution in [0.4, 0.5) is 11.4 Å². The van der Waals surface area contributed by atoms with Crippen molar-refractivity contribution >= 4 is 23.2 Å². The summed E-state index contributed by atoms with van der Waals surface area (Å²) in [5.74, 6) is -0.622. The van der Waals surface area contributed by atoms with E-state index in [0.29, 0.717) is 6.42 Å². The van der Waals surface area contributed by atoms with Gasteiger partial charge in [-0.15, -0.1) is 0 Å². The number of rotatable bonds is 5. The molecule has 0 bridgehead atoms. The fourth-order valence-corrected chi connectivity index (χ4v) is 3.05. The average Bonchev–Trinajstić information content (AvgIpc) is 3.39. The Bertz CT molecular complexity index is 813. The van der Waals surface area contributed by atoms with E-state index in [1.54, 1.807) is 0 Å². The Morgan fingerprint density at radius 1 is 0.960 bits per heavy atom. The first kappa shape index (κ1) is 17.2. The second-order valence-corrected chi connectivity index (χ2v) is 6.76. The molecular formula is C21H24N2O2. The van der Waals surface area contributed by atoms with Gasteiger partial charge in [-0.05, 0) is 55.5 Å². The maximum absolute atomic E-state index is 12.4. The normalized spacial score (nSPS) is 18.5. The van der Waals surface area contributed by atoms with E-state index in [1.807, 2.05) is 56.3 Å². The van der Waals surface area contributed by atoms with E-state index in [1.165, 1.54) is 0 Å². The number of amides is 2. The van der Waals surface area contributed by atoms with Gasteiger partial charge in [0.05, 0.1) is 11.8 Å². The molecule has 0 aromatic heterocycles. The van der Waals surface area contributed by atoms with Crippen LogP contribution in [0.1, 0.15) is 30.0 Å². The highest BCUT2D eigenvalue weighted by molar-refractivity contribution is 6.03. The van der Waals surface area contributed by atoms with E-state index < -0.39 is 0 Å². The second kappa shape index (κ2) is 7.09. The first-order chi connectivity index (χ1) is 12.0. The molecule has 0 radical (unpaired) electrons. The summed E-state index contributed by atoms with van der Waals surface area (Å²) >= 11 is 0. The van der Waals surface area contributed by atoms with E-state index in [-0.39, 0.29) is 23.7 Å². The van der Waals surface area contributed by atoms with Gasteiger partial charge in [-0.2, -0.15) is 0 Å². The summed E-state index contributed by atoms with van der Waals surface area (Å²) in [7, 11) is 0. The van der Waals surface area contributed by atoms with Crippen LogP contribution in [0.2, 0.25) is 0 Å². The lowest BCUT2D eigenvalue weighted by Crippen LogP contribution is -2.21. The molecule has 2 amide bonds. The predicted molar refractivity (Wildman–Crippen MR) is 101 cm³/mol. The second-order valence-electron chi connectivity index (χ2n) is 6.76. The molecule has 0 spiro atoms. The number of hydrogen-bond donors (Lipinski definition) is 2. The zero-order valence-electron chi connectivity index (χ0n) is 14.9. The highest BCUT2D eigenvalue weighted by Gasteiger charge is 2.48. The highest BCUT2D eigenvalue weighted by Crippen LogP contribution is 2.40. The Morgan fingerprint density at radius 3 is 2.28 bits per heavy atom. The van der Waals surface area contributed by atoms with E-state index >= 15 is 0 Å². The van der Waals surface area contributed by atoms with Crippen molar-refractivity contribution in [1.29, 1.82) is 0 Å². The lowest BCUT2D eigenvalue weighted by Gasteiger charge is -2.11. The van der Waals surface area contributed by atoms with Crippen molar-refractivity contribution in [2.75, 3.05) is 10.6 Å². The molecule has 0 saturated heterocycles. The van der Waals surface area contributed by atoms with Crippen LogP contribution in [0.5, 0.6) is 0 Å². The number of hydrogen-bond acceptors (Lipinski definition) is 2. The molecule has 2 atom stereocenters. The summed E-state index contributed by atoms with van der Waals surface area (Å²) in [6, 6.07) is 13.8. The van der Waals surface area contributed by atoms with Gasteiger partial charge < -0.3 is 10.6 Å². The van der Waals surface area contributed by atoms with Crippen LogP contribution in [0.25, 0.3) is 0 Å². The van der Waals surface area contributed by atoms with Gasteiger partial charge in [0.25, 0.3) is 0 Å². The maximum atomic E-state index is 12.4. The zero-order chi connectivity index (χ0) is 18.0. The van der Waals surface area contributed by atoms with Crippen molar-refractivity contribution in [3.8, 4) is 0 Å². The minimum atomic E-state index is -0.242. The molecule has 1 aliphatic carbocycles. The van der Waals surface area contributed by atoms with Crippen molar-refractivity contribution in [3.63, 3.8) is 0 Å². The molecule has 2 aromatic carbocycles. The van der Waals surface area contributed by atoms with Crippen LogP contribution >= 0.6 is 0 Å². The van der Waals surface area contributed by atoms with Crippen molar-refractivity contribution in [2.24, 2.45) is 11.8 Å². The molecule has 25 heavy (non-hydrogen) atoms. The minimum Gasteiger partial charge on any atom is -0.326 e. The van der Waals surface area contributed by atoms with Crippen LogP contribution in [0.15, 0.2) is 42.5 Å². The summed E-state index contributed by atoms with van der Waals surface area (Å²) in [5.41, 5.74) is 4.90. The number of anilines is 2. The van der Waals surface area contributed by atoms with E-state index in [0.717, 1.165) is 34.5 Å². The summed E-state index contributed by atoms with van der Waals surface area (Å²) in [6.45, 7) is 6.02. The number of aryl methyl sites for hydroxylation is 3. The van der Waals surface area contributed by atoms with Crippen molar-refractivity contribution in [3.05, 3.63) is 59.2 Å². The van der Waals surface area contributed by atoms with Crippen molar-refractivity contribution < 1.29 is 9.59 Å². The number of carbonyl (C=O) groups is 2. The van der Waals surface area contributed by atoms with E-state index in [4.69, 9.17) is 0 Å². The predicted octanol–water partition coefficient (Wildman–Crippen LogP) is 4.08. The molecular weight excluding hydrogens is 312 g/mol. The third-order valence-electron chi connectivity index (χ3n) is 4.77. The third-order valence-corrected chi connectivity index (χ3v) is 4.77. The Morgan fingerprint density at radius 2 is 1.60 bits per heavy atom. The van der Waals surface area contributed by atoms with Crippen LogP contribution < -0.4 is 10.6 Å². The molecule has 1 fully saturated rings. The monoisotopic (exact) mass is 336 g/mol. The number of para-hydroxylation sites is 1. The fraction of sp³-hybridized carbons (Fsp3) is 0.333.